The fourth-order valence-electron chi connectivity index (χ4n) is 2.63. The number of hydrogen-bond acceptors (Lipinski definition) is 5. The van der Waals surface area contributed by atoms with Gasteiger partial charge in [-0.05, 0) is 25.8 Å². The fourth-order valence-corrected chi connectivity index (χ4v) is 4.53. The molecule has 0 saturated heterocycles. The molecule has 0 saturated carbocycles. The largest absolute Gasteiger partial charge is 0.481 e. The molecule has 2 heterocycles. The smallest absolute Gasteiger partial charge is 0.303 e. The number of H-pyrrole nitrogens is 1. The topological polar surface area (TPSA) is 83.0 Å². The number of carboxylic acids is 1. The molecule has 0 unspecified atom stereocenters. The maximum absolute atomic E-state index is 12.6. The van der Waals surface area contributed by atoms with Gasteiger partial charge in [0.25, 0.3) is 5.56 Å². The highest BCUT2D eigenvalue weighted by Gasteiger charge is 2.16. The van der Waals surface area contributed by atoms with E-state index in [1.807, 2.05) is 38.1 Å². The van der Waals surface area contributed by atoms with Crippen LogP contribution in [0, 0.1) is 13.8 Å². The molecule has 130 valence electrons. The highest BCUT2D eigenvalue weighted by atomic mass is 32.2. The number of carbonyl (C=O) groups is 1. The summed E-state index contributed by atoms with van der Waals surface area (Å²) in [5.74, 6) is -0.204. The molecule has 1 aromatic carbocycles. The number of fused-ring (bicyclic) bond motifs is 1. The third kappa shape index (κ3) is 3.93. The number of hydrogen-bond donors (Lipinski definition) is 2. The van der Waals surface area contributed by atoms with Crippen molar-refractivity contribution in [3.63, 3.8) is 0 Å². The van der Waals surface area contributed by atoms with E-state index in [2.05, 4.69) is 9.97 Å². The number of aromatic nitrogens is 2. The van der Waals surface area contributed by atoms with Gasteiger partial charge in [-0.2, -0.15) is 0 Å². The molecule has 0 atom stereocenters. The van der Waals surface area contributed by atoms with Crippen LogP contribution in [-0.4, -0.2) is 26.8 Å². The molecule has 0 aliphatic heterocycles. The van der Waals surface area contributed by atoms with E-state index in [0.29, 0.717) is 22.7 Å². The summed E-state index contributed by atoms with van der Waals surface area (Å²) >= 11 is 2.89. The minimum atomic E-state index is -0.811. The summed E-state index contributed by atoms with van der Waals surface area (Å²) in [5.41, 5.74) is 2.98. The Balaban J connectivity index is 1.94. The van der Waals surface area contributed by atoms with Crippen molar-refractivity contribution in [1.29, 1.82) is 0 Å². The average molecular weight is 374 g/mol. The van der Waals surface area contributed by atoms with E-state index in [1.54, 1.807) is 0 Å². The summed E-state index contributed by atoms with van der Waals surface area (Å²) in [5, 5.41) is 9.84. The van der Waals surface area contributed by atoms with E-state index in [-0.39, 0.29) is 12.0 Å². The quantitative estimate of drug-likeness (QED) is 0.383. The normalized spacial score (nSPS) is 11.1. The Morgan fingerprint density at radius 3 is 2.68 bits per heavy atom. The first-order valence-electron chi connectivity index (χ1n) is 7.91. The third-order valence-corrected chi connectivity index (χ3v) is 5.79. The molecule has 25 heavy (non-hydrogen) atoms. The van der Waals surface area contributed by atoms with Crippen molar-refractivity contribution in [2.75, 3.05) is 5.75 Å². The zero-order valence-corrected chi connectivity index (χ0v) is 15.6. The minimum Gasteiger partial charge on any atom is -0.481 e. The Morgan fingerprint density at radius 1 is 1.28 bits per heavy atom. The van der Waals surface area contributed by atoms with E-state index in [0.717, 1.165) is 20.8 Å². The van der Waals surface area contributed by atoms with Gasteiger partial charge in [0.05, 0.1) is 5.39 Å². The van der Waals surface area contributed by atoms with Crippen molar-refractivity contribution in [2.45, 2.75) is 31.8 Å². The van der Waals surface area contributed by atoms with Crippen LogP contribution in [0.4, 0.5) is 0 Å². The number of rotatable bonds is 6. The van der Waals surface area contributed by atoms with E-state index in [4.69, 9.17) is 5.11 Å². The van der Waals surface area contributed by atoms with Gasteiger partial charge in [0.2, 0.25) is 0 Å². The summed E-state index contributed by atoms with van der Waals surface area (Å²) in [4.78, 5) is 32.3. The Bertz CT molecular complexity index is 974. The number of aliphatic carboxylic acids is 1. The van der Waals surface area contributed by atoms with Gasteiger partial charge in [-0.25, -0.2) is 4.98 Å². The number of nitrogens with one attached hydrogen (secondary N) is 1. The number of thioether (sulfide) groups is 1. The Hall–Kier alpha value is -2.12. The predicted octanol–water partition coefficient (Wildman–Crippen LogP) is 4.23. The lowest BCUT2D eigenvalue weighted by Gasteiger charge is -2.03. The maximum atomic E-state index is 12.6. The molecule has 0 spiro atoms. The van der Waals surface area contributed by atoms with Gasteiger partial charge >= 0.3 is 5.97 Å². The second-order valence-corrected chi connectivity index (χ2v) is 8.08. The van der Waals surface area contributed by atoms with Crippen LogP contribution in [0.25, 0.3) is 21.3 Å². The molecule has 0 fully saturated rings. The molecule has 0 aliphatic rings. The van der Waals surface area contributed by atoms with E-state index >= 15 is 0 Å². The average Bonchev–Trinajstić information content (AvgIpc) is 2.89. The molecule has 0 bridgehead atoms. The number of carboxylic acid groups (broad SMARTS) is 1. The van der Waals surface area contributed by atoms with Crippen molar-refractivity contribution < 1.29 is 9.90 Å². The minimum absolute atomic E-state index is 0.120. The van der Waals surface area contributed by atoms with Crippen LogP contribution in [0.3, 0.4) is 0 Å². The lowest BCUT2D eigenvalue weighted by Crippen LogP contribution is -2.09. The molecular weight excluding hydrogens is 356 g/mol. The van der Waals surface area contributed by atoms with Crippen molar-refractivity contribution in [1.82, 2.24) is 9.97 Å². The summed E-state index contributed by atoms with van der Waals surface area (Å²) < 4.78 is 0. The van der Waals surface area contributed by atoms with Gasteiger partial charge < -0.3 is 10.1 Å². The van der Waals surface area contributed by atoms with Crippen molar-refractivity contribution in [2.24, 2.45) is 0 Å². The van der Waals surface area contributed by atoms with Gasteiger partial charge in [0, 0.05) is 22.6 Å². The van der Waals surface area contributed by atoms with E-state index < -0.39 is 5.97 Å². The zero-order valence-electron chi connectivity index (χ0n) is 14.0. The van der Waals surface area contributed by atoms with Gasteiger partial charge in [0.15, 0.2) is 5.16 Å². The second-order valence-electron chi connectivity index (χ2n) is 5.80. The molecule has 3 rings (SSSR count). The van der Waals surface area contributed by atoms with Crippen molar-refractivity contribution >= 4 is 39.3 Å². The highest BCUT2D eigenvalue weighted by molar-refractivity contribution is 7.99. The van der Waals surface area contributed by atoms with Crippen LogP contribution in [-0.2, 0) is 4.79 Å². The van der Waals surface area contributed by atoms with Crippen LogP contribution < -0.4 is 5.56 Å². The number of aryl methyl sites for hydroxylation is 2. The summed E-state index contributed by atoms with van der Waals surface area (Å²) in [6, 6.07) is 8.12. The molecule has 0 aliphatic carbocycles. The summed E-state index contributed by atoms with van der Waals surface area (Å²) in [6.45, 7) is 4.03. The maximum Gasteiger partial charge on any atom is 0.303 e. The molecular formula is C18H18N2O3S2. The Kier molecular flexibility index (Phi) is 5.24. The first-order valence-corrected chi connectivity index (χ1v) is 9.71. The predicted molar refractivity (Wildman–Crippen MR) is 103 cm³/mol. The van der Waals surface area contributed by atoms with Crippen LogP contribution in [0.1, 0.15) is 23.3 Å². The lowest BCUT2D eigenvalue weighted by molar-refractivity contribution is -0.137. The number of benzene rings is 1. The molecule has 0 radical (unpaired) electrons. The van der Waals surface area contributed by atoms with Crippen LogP contribution in [0.2, 0.25) is 0 Å². The van der Waals surface area contributed by atoms with E-state index in [9.17, 15) is 9.59 Å². The molecule has 2 N–H and O–H groups in total. The van der Waals surface area contributed by atoms with Crippen LogP contribution >= 0.6 is 23.1 Å². The highest BCUT2D eigenvalue weighted by Crippen LogP contribution is 2.36. The summed E-state index contributed by atoms with van der Waals surface area (Å²) in [6.07, 6.45) is 0.662. The summed E-state index contributed by atoms with van der Waals surface area (Å²) in [7, 11) is 0. The number of thiophene rings is 1. The van der Waals surface area contributed by atoms with Crippen molar-refractivity contribution in [3.05, 3.63) is 45.1 Å². The number of nitrogens with zero attached hydrogens (tertiary/aromatic N) is 1. The lowest BCUT2D eigenvalue weighted by atomic mass is 10.0. The standard InChI is InChI=1S/C18H18N2O3S2/c1-10-5-7-12(8-6-10)14-11(2)25-17-15(14)16(23)19-18(20-17)24-9-3-4-13(21)22/h5-8H,3-4,9H2,1-2H3,(H,21,22)(H,19,20,23). The van der Waals surface area contributed by atoms with Crippen LogP contribution in [0.15, 0.2) is 34.2 Å². The fraction of sp³-hybridized carbons (Fsp3) is 0.278. The first-order chi connectivity index (χ1) is 12.0. The van der Waals surface area contributed by atoms with Gasteiger partial charge in [-0.3, -0.25) is 9.59 Å². The van der Waals surface area contributed by atoms with E-state index in [1.165, 1.54) is 28.7 Å². The first kappa shape index (κ1) is 17.7. The van der Waals surface area contributed by atoms with Crippen LogP contribution in [0.5, 0.6) is 0 Å². The SMILES string of the molecule is Cc1ccc(-c2c(C)sc3nc(SCCCC(=O)O)[nH]c(=O)c23)cc1. The molecule has 0 amide bonds. The molecule has 3 aromatic rings. The molecule has 2 aromatic heterocycles. The third-order valence-electron chi connectivity index (χ3n) is 3.83. The van der Waals surface area contributed by atoms with Gasteiger partial charge in [-0.15, -0.1) is 11.3 Å². The second kappa shape index (κ2) is 7.41. The van der Waals surface area contributed by atoms with Gasteiger partial charge in [0.1, 0.15) is 4.83 Å². The number of aromatic amines is 1. The zero-order chi connectivity index (χ0) is 18.0. The van der Waals surface area contributed by atoms with Crippen molar-refractivity contribution in [3.8, 4) is 11.1 Å². The molecule has 5 nitrogen and oxygen atoms in total. The monoisotopic (exact) mass is 374 g/mol. The molecule has 7 heteroatoms. The van der Waals surface area contributed by atoms with Gasteiger partial charge in [-0.1, -0.05) is 41.6 Å². The Morgan fingerprint density at radius 2 is 2.00 bits per heavy atom. The Labute approximate surface area is 153 Å².